The molecule has 2 aromatic rings. The van der Waals surface area contributed by atoms with Crippen molar-refractivity contribution in [2.24, 2.45) is 5.92 Å². The molecule has 1 aromatic heterocycles. The molecule has 176 valence electrons. The maximum absolute atomic E-state index is 13.4. The number of pyridine rings is 1. The Morgan fingerprint density at radius 3 is 2.45 bits per heavy atom. The van der Waals surface area contributed by atoms with Crippen LogP contribution in [0.4, 0.5) is 0 Å². The van der Waals surface area contributed by atoms with Crippen LogP contribution in [-0.4, -0.2) is 53.8 Å². The zero-order valence-corrected chi connectivity index (χ0v) is 19.4. The summed E-state index contributed by atoms with van der Waals surface area (Å²) in [7, 11) is -3.80. The minimum absolute atomic E-state index is 0.0260. The number of carboxylic acids is 1. The van der Waals surface area contributed by atoms with Crippen LogP contribution in [0.15, 0.2) is 23.1 Å². The Hall–Kier alpha value is -2.52. The monoisotopic (exact) mass is 471 g/mol. The molecule has 1 saturated heterocycles. The number of carbonyl (C=O) groups excluding carboxylic acids is 1. The van der Waals surface area contributed by atoms with Crippen LogP contribution in [0.2, 0.25) is 0 Å². The fourth-order valence-electron chi connectivity index (χ4n) is 5.04. The molecule has 1 aliphatic heterocycles. The van der Waals surface area contributed by atoms with E-state index in [-0.39, 0.29) is 35.4 Å². The first-order valence-corrected chi connectivity index (χ1v) is 13.3. The smallest absolute Gasteiger partial charge is 0.336 e. The lowest BCUT2D eigenvalue weighted by Gasteiger charge is -2.30. The Balaban J connectivity index is 1.43. The van der Waals surface area contributed by atoms with Gasteiger partial charge in [0.2, 0.25) is 15.9 Å². The van der Waals surface area contributed by atoms with Crippen molar-refractivity contribution >= 4 is 32.8 Å². The van der Waals surface area contributed by atoms with Crippen LogP contribution in [0.25, 0.3) is 10.9 Å². The molecule has 0 spiro atoms. The molecule has 1 amide bonds. The fraction of sp³-hybridized carbons (Fsp3) is 0.542. The van der Waals surface area contributed by atoms with Crippen LogP contribution in [0.1, 0.15) is 66.6 Å². The molecule has 3 aliphatic rings. The van der Waals surface area contributed by atoms with Crippen molar-refractivity contribution in [1.82, 2.24) is 14.6 Å². The number of carboxylic acid groups (broad SMARTS) is 1. The first kappa shape index (κ1) is 22.3. The maximum Gasteiger partial charge on any atom is 0.336 e. The molecule has 5 rings (SSSR count). The summed E-state index contributed by atoms with van der Waals surface area (Å²) in [5, 5.41) is 13.4. The summed E-state index contributed by atoms with van der Waals surface area (Å²) < 4.78 is 28.2. The van der Waals surface area contributed by atoms with Crippen molar-refractivity contribution in [2.75, 3.05) is 13.1 Å². The predicted molar refractivity (Wildman–Crippen MR) is 123 cm³/mol. The van der Waals surface area contributed by atoms with Gasteiger partial charge in [-0.2, -0.15) is 4.31 Å². The average Bonchev–Trinajstić information content (AvgIpc) is 3.64. The van der Waals surface area contributed by atoms with Gasteiger partial charge in [-0.25, -0.2) is 13.2 Å². The summed E-state index contributed by atoms with van der Waals surface area (Å²) in [6.45, 7) is 0.550. The Kier molecular flexibility index (Phi) is 5.86. The number of carbonyl (C=O) groups is 2. The van der Waals surface area contributed by atoms with Gasteiger partial charge in [-0.1, -0.05) is 6.42 Å². The summed E-state index contributed by atoms with van der Waals surface area (Å²) >= 11 is 0. The van der Waals surface area contributed by atoms with Crippen molar-refractivity contribution in [2.45, 2.75) is 68.7 Å². The molecule has 0 atom stereocenters. The number of nitrogens with one attached hydrogen (secondary N) is 1. The summed E-state index contributed by atoms with van der Waals surface area (Å²) in [6, 6.07) is 4.91. The molecule has 0 unspecified atom stereocenters. The number of aryl methyl sites for hydroxylation is 1. The number of benzene rings is 1. The zero-order valence-electron chi connectivity index (χ0n) is 18.5. The normalized spacial score (nSPS) is 20.2. The van der Waals surface area contributed by atoms with Gasteiger partial charge in [0.1, 0.15) is 0 Å². The molecule has 0 radical (unpaired) electrons. The molecule has 33 heavy (non-hydrogen) atoms. The first-order valence-electron chi connectivity index (χ1n) is 11.8. The number of amides is 1. The lowest BCUT2D eigenvalue weighted by Crippen LogP contribution is -2.43. The summed E-state index contributed by atoms with van der Waals surface area (Å²) in [5.74, 6) is -1.18. The quantitative estimate of drug-likeness (QED) is 0.648. The maximum atomic E-state index is 13.4. The molecule has 2 aliphatic carbocycles. The number of fused-ring (bicyclic) bond motifs is 2. The van der Waals surface area contributed by atoms with Crippen LogP contribution < -0.4 is 5.32 Å². The second-order valence-corrected chi connectivity index (χ2v) is 11.4. The van der Waals surface area contributed by atoms with E-state index in [4.69, 9.17) is 4.98 Å². The van der Waals surface area contributed by atoms with Gasteiger partial charge in [-0.05, 0) is 75.1 Å². The van der Waals surface area contributed by atoms with E-state index in [1.54, 1.807) is 6.07 Å². The molecular formula is C24H29N3O5S. The third-order valence-electron chi connectivity index (χ3n) is 7.08. The van der Waals surface area contributed by atoms with Crippen molar-refractivity contribution in [1.29, 1.82) is 0 Å². The van der Waals surface area contributed by atoms with Crippen LogP contribution in [-0.2, 0) is 27.7 Å². The van der Waals surface area contributed by atoms with E-state index >= 15 is 0 Å². The second-order valence-electron chi connectivity index (χ2n) is 9.42. The van der Waals surface area contributed by atoms with Gasteiger partial charge in [-0.15, -0.1) is 0 Å². The topological polar surface area (TPSA) is 117 Å². The number of rotatable bonds is 5. The fourth-order valence-corrected chi connectivity index (χ4v) is 6.54. The number of hydrogen-bond donors (Lipinski definition) is 2. The largest absolute Gasteiger partial charge is 0.478 e. The van der Waals surface area contributed by atoms with Gasteiger partial charge in [0, 0.05) is 36.1 Å². The molecule has 2 heterocycles. The van der Waals surface area contributed by atoms with Crippen LogP contribution >= 0.6 is 0 Å². The van der Waals surface area contributed by atoms with Gasteiger partial charge in [0.15, 0.2) is 0 Å². The number of aromatic nitrogens is 1. The Morgan fingerprint density at radius 1 is 1.03 bits per heavy atom. The van der Waals surface area contributed by atoms with Gasteiger partial charge in [0.25, 0.3) is 0 Å². The van der Waals surface area contributed by atoms with Crippen molar-refractivity contribution in [3.8, 4) is 0 Å². The van der Waals surface area contributed by atoms with Crippen LogP contribution in [0.5, 0.6) is 0 Å². The minimum Gasteiger partial charge on any atom is -0.478 e. The van der Waals surface area contributed by atoms with Gasteiger partial charge in [0.05, 0.1) is 16.0 Å². The van der Waals surface area contributed by atoms with E-state index in [9.17, 15) is 23.1 Å². The van der Waals surface area contributed by atoms with E-state index in [1.165, 1.54) is 16.4 Å². The lowest BCUT2D eigenvalue weighted by molar-refractivity contribution is -0.126. The second kappa shape index (κ2) is 8.68. The SMILES string of the molecule is O=C(O)c1c2c(nc3ccc(S(=O)(=O)N4CCC(C(=O)NC5CC5)CC4)cc13)CCCCC2. The van der Waals surface area contributed by atoms with Gasteiger partial charge < -0.3 is 10.4 Å². The van der Waals surface area contributed by atoms with Crippen LogP contribution in [0.3, 0.4) is 0 Å². The van der Waals surface area contributed by atoms with Crippen molar-refractivity contribution in [3.63, 3.8) is 0 Å². The number of aromatic carboxylic acids is 1. The van der Waals surface area contributed by atoms with Gasteiger partial charge in [-0.3, -0.25) is 9.78 Å². The highest BCUT2D eigenvalue weighted by molar-refractivity contribution is 7.89. The molecule has 2 N–H and O–H groups in total. The predicted octanol–water partition coefficient (Wildman–Crippen LogP) is 2.88. The van der Waals surface area contributed by atoms with E-state index in [2.05, 4.69) is 5.32 Å². The third kappa shape index (κ3) is 4.36. The molecule has 0 bridgehead atoms. The molecule has 9 heteroatoms. The number of nitrogens with zero attached hydrogens (tertiary/aromatic N) is 2. The highest BCUT2D eigenvalue weighted by atomic mass is 32.2. The first-order chi connectivity index (χ1) is 15.8. The molecule has 2 fully saturated rings. The molecular weight excluding hydrogens is 442 g/mol. The molecule has 1 aromatic carbocycles. The van der Waals surface area contributed by atoms with Crippen molar-refractivity contribution in [3.05, 3.63) is 35.0 Å². The Bertz CT molecular complexity index is 1210. The highest BCUT2D eigenvalue weighted by Gasteiger charge is 2.34. The molecule has 1 saturated carbocycles. The Morgan fingerprint density at radius 2 is 1.76 bits per heavy atom. The number of sulfonamides is 1. The minimum atomic E-state index is -3.80. The third-order valence-corrected chi connectivity index (χ3v) is 8.98. The van der Waals surface area contributed by atoms with Gasteiger partial charge >= 0.3 is 5.97 Å². The van der Waals surface area contributed by atoms with Crippen molar-refractivity contribution < 1.29 is 23.1 Å². The summed E-state index contributed by atoms with van der Waals surface area (Å²) in [6.07, 6.45) is 7.33. The number of piperidine rings is 1. The zero-order chi connectivity index (χ0) is 23.2. The van der Waals surface area contributed by atoms with E-state index in [1.807, 2.05) is 0 Å². The molecule has 8 nitrogen and oxygen atoms in total. The van der Waals surface area contributed by atoms with Crippen LogP contribution in [0, 0.1) is 5.92 Å². The highest BCUT2D eigenvalue weighted by Crippen LogP contribution is 2.32. The average molecular weight is 472 g/mol. The Labute approximate surface area is 193 Å². The van der Waals surface area contributed by atoms with E-state index in [0.717, 1.165) is 49.8 Å². The summed E-state index contributed by atoms with van der Waals surface area (Å²) in [5.41, 5.74) is 2.26. The summed E-state index contributed by atoms with van der Waals surface area (Å²) in [4.78, 5) is 29.3. The number of hydrogen-bond acceptors (Lipinski definition) is 5. The van der Waals surface area contributed by atoms with E-state index < -0.39 is 16.0 Å². The lowest BCUT2D eigenvalue weighted by atomic mass is 9.97. The standard InChI is InChI=1S/C24H29N3O5S/c28-23(25-16-6-7-16)15-10-12-27(13-11-15)33(31,32)17-8-9-21-19(14-17)22(24(29)30)18-4-2-1-3-5-20(18)26-21/h8-9,14-16H,1-7,10-13H2,(H,25,28)(H,29,30). The van der Waals surface area contributed by atoms with E-state index in [0.29, 0.717) is 36.2 Å².